The Labute approximate surface area is 153 Å². The van der Waals surface area contributed by atoms with Crippen LogP contribution in [0.3, 0.4) is 0 Å². The first-order valence-electron chi connectivity index (χ1n) is 8.01. The van der Waals surface area contributed by atoms with Crippen LogP contribution in [-0.2, 0) is 0 Å². The Morgan fingerprint density at radius 3 is 2.96 bits per heavy atom. The van der Waals surface area contributed by atoms with Crippen LogP contribution in [0.25, 0.3) is 0 Å². The molecule has 1 fully saturated rings. The molecule has 0 bridgehead atoms. The first kappa shape index (κ1) is 17.6. The Morgan fingerprint density at radius 2 is 2.28 bits per heavy atom. The second kappa shape index (κ2) is 7.35. The van der Waals surface area contributed by atoms with Gasteiger partial charge in [0, 0.05) is 36.8 Å². The lowest BCUT2D eigenvalue weighted by atomic mass is 10.0. The van der Waals surface area contributed by atoms with Crippen molar-refractivity contribution in [2.75, 3.05) is 29.9 Å². The monoisotopic (exact) mass is 407 g/mol. The maximum Gasteiger partial charge on any atom is 0.253 e. The Balaban J connectivity index is 1.88. The topological polar surface area (TPSA) is 75.3 Å². The van der Waals surface area contributed by atoms with Gasteiger partial charge in [-0.15, -0.1) is 5.10 Å². The van der Waals surface area contributed by atoms with Gasteiger partial charge < -0.3 is 15.5 Å². The van der Waals surface area contributed by atoms with Crippen LogP contribution in [-0.4, -0.2) is 42.3 Å². The van der Waals surface area contributed by atoms with Crippen molar-refractivity contribution in [1.29, 1.82) is 0 Å². The minimum Gasteiger partial charge on any atom is -0.369 e. The molecule has 1 saturated heterocycles. The molecule has 0 spiro atoms. The summed E-state index contributed by atoms with van der Waals surface area (Å²) in [6, 6.07) is 6.85. The van der Waals surface area contributed by atoms with Gasteiger partial charge in [0.2, 0.25) is 0 Å². The van der Waals surface area contributed by atoms with Crippen LogP contribution in [0.2, 0.25) is 0 Å². The van der Waals surface area contributed by atoms with Crippen molar-refractivity contribution >= 4 is 33.3 Å². The largest absolute Gasteiger partial charge is 0.369 e. The maximum atomic E-state index is 14.2. The fourth-order valence-corrected chi connectivity index (χ4v) is 3.64. The number of nitrogens with two attached hydrogens (primary N) is 1. The van der Waals surface area contributed by atoms with E-state index in [-0.39, 0.29) is 11.6 Å². The van der Waals surface area contributed by atoms with Gasteiger partial charge in [0.25, 0.3) is 5.91 Å². The fraction of sp³-hybridized carbons (Fsp3) is 0.353. The number of nitrogens with zero attached hydrogens (tertiary/aromatic N) is 4. The molecule has 25 heavy (non-hydrogen) atoms. The molecule has 1 aliphatic heterocycles. The third-order valence-electron chi connectivity index (χ3n) is 4.49. The molecule has 1 aromatic heterocycles. The van der Waals surface area contributed by atoms with E-state index in [4.69, 9.17) is 5.73 Å². The molecule has 1 amide bonds. The number of carbonyl (C=O) groups is 1. The van der Waals surface area contributed by atoms with Gasteiger partial charge in [0.15, 0.2) is 5.82 Å². The van der Waals surface area contributed by atoms with Gasteiger partial charge in [-0.05, 0) is 37.1 Å². The Kier molecular flexibility index (Phi) is 5.17. The summed E-state index contributed by atoms with van der Waals surface area (Å²) < 4.78 is 14.8. The van der Waals surface area contributed by atoms with Crippen LogP contribution in [0, 0.1) is 5.82 Å². The van der Waals surface area contributed by atoms with Crippen molar-refractivity contribution in [3.8, 4) is 0 Å². The molecule has 1 aliphatic rings. The second-order valence-corrected chi connectivity index (χ2v) is 7.00. The third kappa shape index (κ3) is 3.73. The smallest absolute Gasteiger partial charge is 0.253 e. The molecule has 1 atom stereocenters. The standard InChI is InChI=1S/C17H19BrFN5O/c1-23(14-9-11(18)8-13(19)16(14)17(20)25)12-4-3-7-24(10-12)15-5-2-6-21-22-15/h2,5-6,8-9,12H,3-4,7,10H2,1H3,(H2,20,25)/t12-/m0/s1. The molecule has 2 heterocycles. The summed E-state index contributed by atoms with van der Waals surface area (Å²) in [5.74, 6) is -0.574. The number of benzene rings is 1. The van der Waals surface area contributed by atoms with Crippen LogP contribution >= 0.6 is 15.9 Å². The van der Waals surface area contributed by atoms with E-state index in [1.54, 1.807) is 12.3 Å². The quantitative estimate of drug-likeness (QED) is 0.842. The highest BCUT2D eigenvalue weighted by molar-refractivity contribution is 9.10. The van der Waals surface area contributed by atoms with Crippen molar-refractivity contribution in [1.82, 2.24) is 10.2 Å². The highest BCUT2D eigenvalue weighted by atomic mass is 79.9. The summed E-state index contributed by atoms with van der Waals surface area (Å²) in [6.07, 6.45) is 3.54. The van der Waals surface area contributed by atoms with Gasteiger partial charge in [0.05, 0.1) is 11.3 Å². The van der Waals surface area contributed by atoms with Crippen LogP contribution < -0.4 is 15.5 Å². The van der Waals surface area contributed by atoms with E-state index in [1.165, 1.54) is 6.07 Å². The molecule has 2 N–H and O–H groups in total. The second-order valence-electron chi connectivity index (χ2n) is 6.08. The zero-order valence-electron chi connectivity index (χ0n) is 13.8. The first-order valence-corrected chi connectivity index (χ1v) is 8.81. The predicted molar refractivity (Wildman–Crippen MR) is 98.3 cm³/mol. The number of piperidine rings is 1. The molecule has 0 aliphatic carbocycles. The molecule has 0 radical (unpaired) electrons. The minimum absolute atomic E-state index is 0.0812. The van der Waals surface area contributed by atoms with E-state index in [1.807, 2.05) is 24.1 Å². The highest BCUT2D eigenvalue weighted by Crippen LogP contribution is 2.31. The summed E-state index contributed by atoms with van der Waals surface area (Å²) >= 11 is 3.29. The number of aromatic nitrogens is 2. The normalized spacial score (nSPS) is 17.4. The molecule has 1 aromatic carbocycles. The van der Waals surface area contributed by atoms with E-state index in [9.17, 15) is 9.18 Å². The fourth-order valence-electron chi connectivity index (χ4n) is 3.22. The number of carbonyl (C=O) groups excluding carboxylic acids is 1. The number of anilines is 2. The highest BCUT2D eigenvalue weighted by Gasteiger charge is 2.27. The Morgan fingerprint density at radius 1 is 1.48 bits per heavy atom. The van der Waals surface area contributed by atoms with E-state index in [2.05, 4.69) is 31.0 Å². The lowest BCUT2D eigenvalue weighted by Gasteiger charge is -2.39. The maximum absolute atomic E-state index is 14.2. The number of likely N-dealkylation sites (N-methyl/N-ethyl adjacent to an activating group) is 1. The van der Waals surface area contributed by atoms with Crippen molar-refractivity contribution < 1.29 is 9.18 Å². The van der Waals surface area contributed by atoms with Crippen LogP contribution in [0.1, 0.15) is 23.2 Å². The van der Waals surface area contributed by atoms with E-state index >= 15 is 0 Å². The molecule has 0 saturated carbocycles. The van der Waals surface area contributed by atoms with Gasteiger partial charge in [0.1, 0.15) is 5.82 Å². The van der Waals surface area contributed by atoms with Crippen molar-refractivity contribution in [3.05, 3.63) is 46.3 Å². The number of halogens is 2. The van der Waals surface area contributed by atoms with Crippen molar-refractivity contribution in [2.24, 2.45) is 5.73 Å². The van der Waals surface area contributed by atoms with Gasteiger partial charge in [-0.2, -0.15) is 5.10 Å². The van der Waals surface area contributed by atoms with Gasteiger partial charge in [-0.3, -0.25) is 4.79 Å². The lowest BCUT2D eigenvalue weighted by Crippen LogP contribution is -2.47. The van der Waals surface area contributed by atoms with Crippen molar-refractivity contribution in [3.63, 3.8) is 0 Å². The SMILES string of the molecule is CN(c1cc(Br)cc(F)c1C(N)=O)[C@H]1CCCN(c2cccnn2)C1. The third-order valence-corrected chi connectivity index (χ3v) is 4.94. The summed E-state index contributed by atoms with van der Waals surface area (Å²) in [6.45, 7) is 1.60. The van der Waals surface area contributed by atoms with Gasteiger partial charge in [-0.25, -0.2) is 4.39 Å². The summed E-state index contributed by atoms with van der Waals surface area (Å²) in [7, 11) is 1.86. The number of hydrogen-bond acceptors (Lipinski definition) is 5. The Bertz CT molecular complexity index is 773. The summed E-state index contributed by atoms with van der Waals surface area (Å²) in [5, 5.41) is 8.08. The first-order chi connectivity index (χ1) is 12.0. The summed E-state index contributed by atoms with van der Waals surface area (Å²) in [5.41, 5.74) is 5.81. The molecule has 0 unspecified atom stereocenters. The van der Waals surface area contributed by atoms with Gasteiger partial charge >= 0.3 is 0 Å². The number of hydrogen-bond donors (Lipinski definition) is 1. The zero-order valence-corrected chi connectivity index (χ0v) is 15.4. The molecule has 3 rings (SSSR count). The van der Waals surface area contributed by atoms with Crippen molar-refractivity contribution in [2.45, 2.75) is 18.9 Å². The molecule has 8 heteroatoms. The molecular formula is C17H19BrFN5O. The van der Waals surface area contributed by atoms with Crippen LogP contribution in [0.15, 0.2) is 34.9 Å². The molecule has 2 aromatic rings. The van der Waals surface area contributed by atoms with Crippen LogP contribution in [0.5, 0.6) is 0 Å². The van der Waals surface area contributed by atoms with Crippen LogP contribution in [0.4, 0.5) is 15.9 Å². The predicted octanol–water partition coefficient (Wildman–Crippen LogP) is 2.58. The van der Waals surface area contributed by atoms with E-state index in [0.717, 1.165) is 25.2 Å². The Hall–Kier alpha value is -2.22. The molecule has 132 valence electrons. The zero-order chi connectivity index (χ0) is 18.0. The summed E-state index contributed by atoms with van der Waals surface area (Å²) in [4.78, 5) is 15.8. The average Bonchev–Trinajstić information content (AvgIpc) is 2.61. The number of primary amides is 1. The molecular weight excluding hydrogens is 389 g/mol. The van der Waals surface area contributed by atoms with E-state index < -0.39 is 11.7 Å². The minimum atomic E-state index is -0.770. The molecule has 6 nitrogen and oxygen atoms in total. The number of amides is 1. The van der Waals surface area contributed by atoms with E-state index in [0.29, 0.717) is 16.7 Å². The average molecular weight is 408 g/mol. The lowest BCUT2D eigenvalue weighted by molar-refractivity contribution is 0.0997. The number of rotatable bonds is 4. The van der Waals surface area contributed by atoms with Gasteiger partial charge in [-0.1, -0.05) is 15.9 Å².